The minimum atomic E-state index is 0.355. The van der Waals surface area contributed by atoms with Crippen LogP contribution in [-0.4, -0.2) is 23.5 Å². The van der Waals surface area contributed by atoms with E-state index in [-0.39, 0.29) is 0 Å². The molecule has 0 aliphatic heterocycles. The Labute approximate surface area is 84.1 Å². The topological polar surface area (TPSA) is 24.9 Å². The van der Waals surface area contributed by atoms with Crippen LogP contribution < -0.4 is 5.32 Å². The van der Waals surface area contributed by atoms with Gasteiger partial charge in [-0.3, -0.25) is 4.98 Å². The Balaban J connectivity index is 2.35. The molecule has 72 valence electrons. The highest BCUT2D eigenvalue weighted by molar-refractivity contribution is 7.98. The number of hydrogen-bond donors (Lipinski definition) is 1. The first-order chi connectivity index (χ1) is 6.34. The van der Waals surface area contributed by atoms with Gasteiger partial charge in [0.05, 0.1) is 5.69 Å². The van der Waals surface area contributed by atoms with Crippen LogP contribution in [0.25, 0.3) is 0 Å². The lowest BCUT2D eigenvalue weighted by Crippen LogP contribution is -2.21. The fourth-order valence-electron chi connectivity index (χ4n) is 1.11. The third-order valence-corrected chi connectivity index (χ3v) is 2.50. The summed E-state index contributed by atoms with van der Waals surface area (Å²) in [4.78, 5) is 4.29. The number of pyridine rings is 1. The van der Waals surface area contributed by atoms with E-state index in [2.05, 4.69) is 29.5 Å². The average molecular weight is 196 g/mol. The molecular weight excluding hydrogens is 180 g/mol. The molecule has 0 bridgehead atoms. The smallest absolute Gasteiger partial charge is 0.0570 e. The van der Waals surface area contributed by atoms with Gasteiger partial charge in [-0.15, -0.1) is 0 Å². The molecule has 0 radical (unpaired) electrons. The molecule has 0 aliphatic rings. The molecule has 1 N–H and O–H groups in total. The quantitative estimate of drug-likeness (QED) is 0.730. The maximum atomic E-state index is 4.29. The summed E-state index contributed by atoms with van der Waals surface area (Å²) in [5.41, 5.74) is 1.11. The van der Waals surface area contributed by atoms with E-state index in [1.165, 1.54) is 0 Å². The van der Waals surface area contributed by atoms with Crippen molar-refractivity contribution < 1.29 is 0 Å². The van der Waals surface area contributed by atoms with Gasteiger partial charge in [-0.05, 0) is 25.3 Å². The van der Waals surface area contributed by atoms with Gasteiger partial charge >= 0.3 is 0 Å². The summed E-state index contributed by atoms with van der Waals surface area (Å²) in [5, 5.41) is 3.42. The Morgan fingerprint density at radius 1 is 1.54 bits per heavy atom. The van der Waals surface area contributed by atoms with Crippen molar-refractivity contribution >= 4 is 11.8 Å². The summed E-state index contributed by atoms with van der Waals surface area (Å²) in [7, 11) is 0. The SMILES string of the molecule is CSCCN[C@H](C)c1ccccn1. The molecule has 0 unspecified atom stereocenters. The van der Waals surface area contributed by atoms with Crippen LogP contribution in [0.1, 0.15) is 18.7 Å². The van der Waals surface area contributed by atoms with Gasteiger partial charge < -0.3 is 5.32 Å². The van der Waals surface area contributed by atoms with Gasteiger partial charge in [0.25, 0.3) is 0 Å². The molecule has 2 nitrogen and oxygen atoms in total. The highest BCUT2D eigenvalue weighted by atomic mass is 32.2. The van der Waals surface area contributed by atoms with Gasteiger partial charge in [0.2, 0.25) is 0 Å². The van der Waals surface area contributed by atoms with E-state index in [1.54, 1.807) is 0 Å². The number of nitrogens with one attached hydrogen (secondary N) is 1. The number of rotatable bonds is 5. The molecule has 13 heavy (non-hydrogen) atoms. The Hall–Kier alpha value is -0.540. The predicted molar refractivity (Wildman–Crippen MR) is 59.0 cm³/mol. The minimum absolute atomic E-state index is 0.355. The van der Waals surface area contributed by atoms with Crippen molar-refractivity contribution in [2.24, 2.45) is 0 Å². The molecule has 0 amide bonds. The van der Waals surface area contributed by atoms with E-state index in [0.29, 0.717) is 6.04 Å². The number of hydrogen-bond acceptors (Lipinski definition) is 3. The Morgan fingerprint density at radius 2 is 2.38 bits per heavy atom. The molecule has 0 aliphatic carbocycles. The highest BCUT2D eigenvalue weighted by Crippen LogP contribution is 2.07. The van der Waals surface area contributed by atoms with Crippen LogP contribution in [0.4, 0.5) is 0 Å². The molecular formula is C10H16N2S. The number of aromatic nitrogens is 1. The third kappa shape index (κ3) is 3.79. The second kappa shape index (κ2) is 6.00. The fourth-order valence-corrected chi connectivity index (χ4v) is 1.44. The second-order valence-electron chi connectivity index (χ2n) is 2.92. The summed E-state index contributed by atoms with van der Waals surface area (Å²) in [6.07, 6.45) is 3.95. The lowest BCUT2D eigenvalue weighted by atomic mass is 10.2. The summed E-state index contributed by atoms with van der Waals surface area (Å²) in [6.45, 7) is 3.18. The van der Waals surface area contributed by atoms with Crippen molar-refractivity contribution in [3.05, 3.63) is 30.1 Å². The predicted octanol–water partition coefficient (Wildman–Crippen LogP) is 2.10. The van der Waals surface area contributed by atoms with E-state index in [4.69, 9.17) is 0 Å². The van der Waals surface area contributed by atoms with E-state index in [9.17, 15) is 0 Å². The molecule has 1 rings (SSSR count). The van der Waals surface area contributed by atoms with Crippen molar-refractivity contribution in [1.29, 1.82) is 0 Å². The summed E-state index contributed by atoms with van der Waals surface area (Å²) in [6, 6.07) is 6.37. The van der Waals surface area contributed by atoms with Crippen molar-refractivity contribution in [3.63, 3.8) is 0 Å². The van der Waals surface area contributed by atoms with Crippen LogP contribution in [0.3, 0.4) is 0 Å². The monoisotopic (exact) mass is 196 g/mol. The van der Waals surface area contributed by atoms with Crippen LogP contribution in [0.5, 0.6) is 0 Å². The van der Waals surface area contributed by atoms with E-state index in [0.717, 1.165) is 18.0 Å². The maximum absolute atomic E-state index is 4.29. The standard InChI is InChI=1S/C10H16N2S/c1-9(11-7-8-13-2)10-5-3-4-6-12-10/h3-6,9,11H,7-8H2,1-2H3/t9-/m1/s1. The molecule has 0 saturated heterocycles. The number of thioether (sulfide) groups is 1. The van der Waals surface area contributed by atoms with Crippen LogP contribution in [0, 0.1) is 0 Å². The lowest BCUT2D eigenvalue weighted by molar-refractivity contribution is 0.586. The minimum Gasteiger partial charge on any atom is -0.308 e. The molecule has 0 saturated carbocycles. The van der Waals surface area contributed by atoms with Gasteiger partial charge in [-0.25, -0.2) is 0 Å². The van der Waals surface area contributed by atoms with E-state index >= 15 is 0 Å². The van der Waals surface area contributed by atoms with Crippen molar-refractivity contribution in [2.75, 3.05) is 18.6 Å². The van der Waals surface area contributed by atoms with Gasteiger partial charge in [0, 0.05) is 24.5 Å². The van der Waals surface area contributed by atoms with Gasteiger partial charge in [0.1, 0.15) is 0 Å². The first-order valence-electron chi connectivity index (χ1n) is 4.48. The zero-order valence-corrected chi connectivity index (χ0v) is 8.97. The average Bonchev–Trinajstić information content (AvgIpc) is 2.19. The second-order valence-corrected chi connectivity index (χ2v) is 3.91. The number of nitrogens with zero attached hydrogens (tertiary/aromatic N) is 1. The van der Waals surface area contributed by atoms with Crippen molar-refractivity contribution in [3.8, 4) is 0 Å². The summed E-state index contributed by atoms with van der Waals surface area (Å²) >= 11 is 1.86. The molecule has 3 heteroatoms. The van der Waals surface area contributed by atoms with Gasteiger partial charge in [-0.2, -0.15) is 11.8 Å². The normalized spacial score (nSPS) is 12.8. The summed E-state index contributed by atoms with van der Waals surface area (Å²) < 4.78 is 0. The van der Waals surface area contributed by atoms with Crippen LogP contribution in [0.15, 0.2) is 24.4 Å². The molecule has 1 heterocycles. The molecule has 0 fully saturated rings. The molecule has 1 aromatic rings. The van der Waals surface area contributed by atoms with Crippen LogP contribution in [0.2, 0.25) is 0 Å². The Morgan fingerprint density at radius 3 is 3.00 bits per heavy atom. The lowest BCUT2D eigenvalue weighted by Gasteiger charge is -2.11. The zero-order valence-electron chi connectivity index (χ0n) is 8.16. The summed E-state index contributed by atoms with van der Waals surface area (Å²) in [5.74, 6) is 1.15. The van der Waals surface area contributed by atoms with E-state index in [1.807, 2.05) is 30.1 Å². The van der Waals surface area contributed by atoms with Gasteiger partial charge in [0.15, 0.2) is 0 Å². The van der Waals surface area contributed by atoms with Crippen molar-refractivity contribution in [1.82, 2.24) is 10.3 Å². The fraction of sp³-hybridized carbons (Fsp3) is 0.500. The largest absolute Gasteiger partial charge is 0.308 e. The molecule has 0 spiro atoms. The Kier molecular flexibility index (Phi) is 4.86. The van der Waals surface area contributed by atoms with E-state index < -0.39 is 0 Å². The Bertz CT molecular complexity index is 226. The van der Waals surface area contributed by atoms with Gasteiger partial charge in [-0.1, -0.05) is 6.07 Å². The van der Waals surface area contributed by atoms with Crippen molar-refractivity contribution in [2.45, 2.75) is 13.0 Å². The highest BCUT2D eigenvalue weighted by Gasteiger charge is 2.03. The molecule has 1 atom stereocenters. The third-order valence-electron chi connectivity index (χ3n) is 1.89. The zero-order chi connectivity index (χ0) is 9.52. The van der Waals surface area contributed by atoms with Crippen LogP contribution in [-0.2, 0) is 0 Å². The first-order valence-corrected chi connectivity index (χ1v) is 5.87. The first kappa shape index (κ1) is 10.5. The maximum Gasteiger partial charge on any atom is 0.0570 e. The van der Waals surface area contributed by atoms with Crippen LogP contribution >= 0.6 is 11.8 Å². The molecule has 0 aromatic carbocycles. The molecule has 1 aromatic heterocycles.